The molecule has 0 spiro atoms. The summed E-state index contributed by atoms with van der Waals surface area (Å²) in [5.41, 5.74) is 7.61. The Kier molecular flexibility index (Phi) is 8.73. The zero-order chi connectivity index (χ0) is 29.9. The maximum Gasteiger partial charge on any atom is 0.240 e. The van der Waals surface area contributed by atoms with Crippen molar-refractivity contribution < 1.29 is 14.3 Å². The van der Waals surface area contributed by atoms with Crippen LogP contribution in [0.4, 0.5) is 5.69 Å². The maximum atomic E-state index is 14.2. The number of nitrogens with one attached hydrogen (secondary N) is 1. The number of fused-ring (bicyclic) bond motifs is 2. The highest BCUT2D eigenvalue weighted by Crippen LogP contribution is 2.35. The largest absolute Gasteiger partial charge is 0.493 e. The van der Waals surface area contributed by atoms with Crippen molar-refractivity contribution in [2.75, 3.05) is 52.8 Å². The number of ether oxygens (including phenoxy) is 2. The minimum Gasteiger partial charge on any atom is -0.493 e. The number of anilines is 1. The van der Waals surface area contributed by atoms with Crippen molar-refractivity contribution >= 4 is 17.7 Å². The number of benzene rings is 3. The fraction of sp³-hybridized carbons (Fsp3) is 0.417. The molecule has 6 rings (SSSR count). The average molecular weight is 581 g/mol. The first-order chi connectivity index (χ1) is 20.9. The Morgan fingerprint density at radius 2 is 1.63 bits per heavy atom. The number of carbonyl (C=O) groups is 1. The molecule has 1 aliphatic carbocycles. The summed E-state index contributed by atoms with van der Waals surface area (Å²) in [5.74, 6) is 1.71. The molecule has 0 bridgehead atoms. The minimum atomic E-state index is -0.124. The zero-order valence-corrected chi connectivity index (χ0v) is 25.9. The van der Waals surface area contributed by atoms with Gasteiger partial charge in [-0.1, -0.05) is 48.6 Å². The van der Waals surface area contributed by atoms with Crippen molar-refractivity contribution in [3.63, 3.8) is 0 Å². The summed E-state index contributed by atoms with van der Waals surface area (Å²) < 4.78 is 11.1. The van der Waals surface area contributed by atoms with Crippen molar-refractivity contribution in [1.29, 1.82) is 0 Å². The summed E-state index contributed by atoms with van der Waals surface area (Å²) in [7, 11) is 7.44. The van der Waals surface area contributed by atoms with Gasteiger partial charge in [0.25, 0.3) is 0 Å². The summed E-state index contributed by atoms with van der Waals surface area (Å²) in [6.07, 6.45) is 8.03. The van der Waals surface area contributed by atoms with Gasteiger partial charge < -0.3 is 24.6 Å². The number of likely N-dealkylation sites (tertiary alicyclic amines) is 1. The highest BCUT2D eigenvalue weighted by atomic mass is 16.5. The van der Waals surface area contributed by atoms with Crippen molar-refractivity contribution in [3.05, 3.63) is 94.6 Å². The monoisotopic (exact) mass is 580 g/mol. The molecule has 0 unspecified atom stereocenters. The van der Waals surface area contributed by atoms with Gasteiger partial charge in [-0.05, 0) is 77.8 Å². The van der Waals surface area contributed by atoms with Gasteiger partial charge in [-0.15, -0.1) is 0 Å². The standard InChI is InChI=1S/C36H44N4O3/c1-38(2)31-13-11-25(12-14-31)8-7-16-37-30-22-33(40(24-30)32-18-26-9-5-6-10-27(26)19-32)36(41)39-17-15-28-20-34(42-3)35(43-4)21-29(28)23-39/h5-14,20-21,30,32-33,37H,15-19,22-24H2,1-4H3/b8-7+/t30-,33+/m1/s1. The third-order valence-electron chi connectivity index (χ3n) is 9.40. The van der Waals surface area contributed by atoms with E-state index >= 15 is 0 Å². The van der Waals surface area contributed by atoms with Crippen molar-refractivity contribution in [2.45, 2.75) is 50.4 Å². The Hall–Kier alpha value is -3.81. The van der Waals surface area contributed by atoms with Crippen molar-refractivity contribution in [2.24, 2.45) is 0 Å². The first kappa shape index (κ1) is 29.3. The number of rotatable bonds is 9. The number of hydrogen-bond acceptors (Lipinski definition) is 6. The SMILES string of the molecule is COc1cc2c(cc1OC)CN(C(=O)[C@@H]1C[C@@H](NC/C=C/c3ccc(N(C)C)cc3)CN1C1Cc3ccccc3C1)CC2. The van der Waals surface area contributed by atoms with Gasteiger partial charge in [0.1, 0.15) is 0 Å². The molecule has 2 aliphatic heterocycles. The highest BCUT2D eigenvalue weighted by Gasteiger charge is 2.43. The Balaban J connectivity index is 1.15. The van der Waals surface area contributed by atoms with Crippen molar-refractivity contribution in [1.82, 2.24) is 15.1 Å². The number of methoxy groups -OCH3 is 2. The van der Waals surface area contributed by atoms with Crippen molar-refractivity contribution in [3.8, 4) is 11.5 Å². The molecule has 0 radical (unpaired) electrons. The van der Waals surface area contributed by atoms with Gasteiger partial charge in [0.15, 0.2) is 11.5 Å². The van der Waals surface area contributed by atoms with E-state index in [4.69, 9.17) is 9.47 Å². The summed E-state index contributed by atoms with van der Waals surface area (Å²) >= 11 is 0. The number of amides is 1. The van der Waals surface area contributed by atoms with Crippen LogP contribution in [0.5, 0.6) is 11.5 Å². The van der Waals surface area contributed by atoms with Crippen LogP contribution in [-0.4, -0.2) is 81.8 Å². The summed E-state index contributed by atoms with van der Waals surface area (Å²) in [6.45, 7) is 3.00. The quantitative estimate of drug-likeness (QED) is 0.400. The van der Waals surface area contributed by atoms with Crippen LogP contribution in [0.25, 0.3) is 6.08 Å². The predicted octanol–water partition coefficient (Wildman–Crippen LogP) is 4.57. The summed E-state index contributed by atoms with van der Waals surface area (Å²) in [4.78, 5) is 20.9. The second kappa shape index (κ2) is 12.8. The Labute approximate surface area is 256 Å². The van der Waals surface area contributed by atoms with Crippen LogP contribution in [0.1, 0.15) is 34.2 Å². The topological polar surface area (TPSA) is 57.3 Å². The van der Waals surface area contributed by atoms with Gasteiger partial charge in [-0.25, -0.2) is 0 Å². The van der Waals surface area contributed by atoms with Crippen LogP contribution in [0.15, 0.2) is 66.7 Å². The van der Waals surface area contributed by atoms with Gasteiger partial charge in [-0.3, -0.25) is 9.69 Å². The number of carbonyl (C=O) groups excluding carboxylic acids is 1. The van der Waals surface area contributed by atoms with Gasteiger partial charge in [0.2, 0.25) is 5.91 Å². The van der Waals surface area contributed by atoms with Gasteiger partial charge in [0.05, 0.1) is 20.3 Å². The third-order valence-corrected chi connectivity index (χ3v) is 9.40. The summed E-state index contributed by atoms with van der Waals surface area (Å²) in [6, 6.07) is 21.9. The highest BCUT2D eigenvalue weighted by molar-refractivity contribution is 5.83. The molecule has 1 amide bonds. The molecule has 3 aliphatic rings. The van der Waals surface area contributed by atoms with E-state index in [-0.39, 0.29) is 18.0 Å². The maximum absolute atomic E-state index is 14.2. The normalized spacial score (nSPS) is 20.3. The first-order valence-electron chi connectivity index (χ1n) is 15.5. The molecule has 3 aromatic carbocycles. The fourth-order valence-electron chi connectivity index (χ4n) is 7.02. The van der Waals surface area contributed by atoms with Crippen LogP contribution in [0, 0.1) is 0 Å². The van der Waals surface area contributed by atoms with Gasteiger partial charge in [0, 0.05) is 58.0 Å². The Morgan fingerprint density at radius 1 is 0.953 bits per heavy atom. The second-order valence-corrected chi connectivity index (χ2v) is 12.3. The van der Waals surface area contributed by atoms with Crippen LogP contribution >= 0.6 is 0 Å². The molecule has 3 aromatic rings. The van der Waals surface area contributed by atoms with E-state index in [2.05, 4.69) is 101 Å². The molecule has 1 N–H and O–H groups in total. The van der Waals surface area contributed by atoms with E-state index in [9.17, 15) is 4.79 Å². The van der Waals surface area contributed by atoms with Gasteiger partial charge >= 0.3 is 0 Å². The molecular formula is C36H44N4O3. The zero-order valence-electron chi connectivity index (χ0n) is 25.9. The molecule has 43 heavy (non-hydrogen) atoms. The molecule has 0 aromatic heterocycles. The summed E-state index contributed by atoms with van der Waals surface area (Å²) in [5, 5.41) is 3.75. The Bertz CT molecular complexity index is 1440. The smallest absolute Gasteiger partial charge is 0.240 e. The van der Waals surface area contributed by atoms with Crippen LogP contribution in [-0.2, 0) is 30.6 Å². The molecule has 2 atom stereocenters. The van der Waals surface area contributed by atoms with Crippen LogP contribution in [0.3, 0.4) is 0 Å². The van der Waals surface area contributed by atoms with E-state index < -0.39 is 0 Å². The van der Waals surface area contributed by atoms with E-state index in [1.807, 2.05) is 6.07 Å². The number of hydrogen-bond donors (Lipinski definition) is 1. The lowest BCUT2D eigenvalue weighted by atomic mass is 9.97. The predicted molar refractivity (Wildman–Crippen MR) is 173 cm³/mol. The molecule has 1 saturated heterocycles. The lowest BCUT2D eigenvalue weighted by molar-refractivity contribution is -0.137. The lowest BCUT2D eigenvalue weighted by Crippen LogP contribution is -2.50. The van der Waals surface area contributed by atoms with Gasteiger partial charge in [-0.2, -0.15) is 0 Å². The molecular weight excluding hydrogens is 536 g/mol. The number of nitrogens with zero attached hydrogens (tertiary/aromatic N) is 3. The molecule has 7 nitrogen and oxygen atoms in total. The third kappa shape index (κ3) is 6.29. The molecule has 2 heterocycles. The molecule has 0 saturated carbocycles. The van der Waals surface area contributed by atoms with Crippen LogP contribution in [0.2, 0.25) is 0 Å². The molecule has 7 heteroatoms. The lowest BCUT2D eigenvalue weighted by Gasteiger charge is -2.36. The average Bonchev–Trinajstić information content (AvgIpc) is 3.66. The van der Waals surface area contributed by atoms with E-state index in [0.717, 1.165) is 56.6 Å². The van der Waals surface area contributed by atoms with E-state index in [1.165, 1.54) is 27.9 Å². The van der Waals surface area contributed by atoms with Crippen LogP contribution < -0.4 is 19.7 Å². The molecule has 226 valence electrons. The second-order valence-electron chi connectivity index (χ2n) is 12.3. The van der Waals surface area contributed by atoms with E-state index in [0.29, 0.717) is 18.3 Å². The first-order valence-corrected chi connectivity index (χ1v) is 15.5. The Morgan fingerprint density at radius 3 is 2.28 bits per heavy atom. The van der Waals surface area contributed by atoms with E-state index in [1.54, 1.807) is 14.2 Å². The fourth-order valence-corrected chi connectivity index (χ4v) is 7.02. The minimum absolute atomic E-state index is 0.124. The molecule has 1 fully saturated rings.